The van der Waals surface area contributed by atoms with Crippen LogP contribution < -0.4 is 24.8 Å². The van der Waals surface area contributed by atoms with E-state index < -0.39 is 0 Å². The summed E-state index contributed by atoms with van der Waals surface area (Å²) in [5.74, 6) is 1.23. The molecule has 0 spiro atoms. The van der Waals surface area contributed by atoms with E-state index in [9.17, 15) is 0 Å². The van der Waals surface area contributed by atoms with Gasteiger partial charge in [0.25, 0.3) is 0 Å². The van der Waals surface area contributed by atoms with E-state index in [1.165, 1.54) is 43.8 Å². The first kappa shape index (κ1) is 30.8. The van der Waals surface area contributed by atoms with E-state index in [1.807, 2.05) is 0 Å². The number of hydrogen-bond donors (Lipinski definition) is 0. The second-order valence-electron chi connectivity index (χ2n) is 10.4. The number of hydrogen-bond acceptors (Lipinski definition) is 0. The van der Waals surface area contributed by atoms with Gasteiger partial charge in [0.15, 0.2) is 0 Å². The van der Waals surface area contributed by atoms with Crippen LogP contribution >= 0.6 is 0 Å². The minimum atomic E-state index is 0. The molecule has 2 aliphatic rings. The molecule has 6 rings (SSSR count). The van der Waals surface area contributed by atoms with Crippen LogP contribution in [0.25, 0.3) is 21.5 Å². The van der Waals surface area contributed by atoms with Crippen molar-refractivity contribution in [1.82, 2.24) is 0 Å². The number of rotatable bonds is 2. The Morgan fingerprint density at radius 1 is 0.657 bits per heavy atom. The van der Waals surface area contributed by atoms with Crippen LogP contribution in [0.4, 0.5) is 0 Å². The summed E-state index contributed by atoms with van der Waals surface area (Å²) in [6.45, 7) is 13.3. The van der Waals surface area contributed by atoms with E-state index in [-0.39, 0.29) is 24.8 Å². The molecular formula is C30H38Cl2Si2Zr-4. The van der Waals surface area contributed by atoms with Gasteiger partial charge < -0.3 is 24.8 Å². The van der Waals surface area contributed by atoms with E-state index in [0.717, 1.165) is 0 Å². The van der Waals surface area contributed by atoms with Gasteiger partial charge >= 0.3 is 55.5 Å². The molecule has 0 saturated carbocycles. The molecule has 0 atom stereocenters. The molecule has 0 nitrogen and oxygen atoms in total. The van der Waals surface area contributed by atoms with Crippen LogP contribution in [0.15, 0.2) is 60.7 Å². The summed E-state index contributed by atoms with van der Waals surface area (Å²) >= 11 is 0.465. The van der Waals surface area contributed by atoms with Gasteiger partial charge in [-0.25, -0.2) is 0 Å². The van der Waals surface area contributed by atoms with Crippen molar-refractivity contribution in [2.75, 3.05) is 0 Å². The van der Waals surface area contributed by atoms with Crippen molar-refractivity contribution < 1.29 is 45.3 Å². The summed E-state index contributed by atoms with van der Waals surface area (Å²) in [6.07, 6.45) is 0. The van der Waals surface area contributed by atoms with Crippen LogP contribution in [0.1, 0.15) is 61.8 Å². The Kier molecular flexibility index (Phi) is 12.2. The maximum atomic E-state index is 2.28. The molecule has 5 heteroatoms. The average molecular weight is 617 g/mol. The number of aryl methyl sites for hydroxylation is 2. The first-order chi connectivity index (χ1) is 15.8. The maximum absolute atomic E-state index is 2.28. The quantitative estimate of drug-likeness (QED) is 0.240. The van der Waals surface area contributed by atoms with Gasteiger partial charge in [-0.2, -0.15) is 12.1 Å². The van der Waals surface area contributed by atoms with Crippen LogP contribution in [0.5, 0.6) is 0 Å². The molecule has 2 heterocycles. The van der Waals surface area contributed by atoms with Gasteiger partial charge in [-0.1, -0.05) is 64.8 Å². The second-order valence-corrected chi connectivity index (χ2v) is 31.8. The van der Waals surface area contributed by atoms with Gasteiger partial charge in [-0.05, 0) is 11.8 Å². The largest absolute Gasteiger partial charge is 1.00 e. The van der Waals surface area contributed by atoms with Crippen LogP contribution in [0.2, 0.25) is 24.2 Å². The van der Waals surface area contributed by atoms with Gasteiger partial charge in [-0.3, -0.25) is 0 Å². The molecule has 4 aromatic rings. The summed E-state index contributed by atoms with van der Waals surface area (Å²) in [6, 6.07) is 29.3. The van der Waals surface area contributed by atoms with Gasteiger partial charge in [-0.15, -0.1) is 69.1 Å². The van der Waals surface area contributed by atoms with E-state index >= 15 is 0 Å². The minimum Gasteiger partial charge on any atom is -1.00 e. The normalized spacial score (nSPS) is 13.5. The molecule has 4 aromatic carbocycles. The first-order valence-corrected chi connectivity index (χ1v) is 23.8. The Balaban J connectivity index is 0.000000187. The Morgan fingerprint density at radius 3 is 1.31 bits per heavy atom. The Morgan fingerprint density at radius 2 is 1.03 bits per heavy atom. The van der Waals surface area contributed by atoms with Crippen LogP contribution in [-0.4, -0.2) is 10.9 Å². The maximum Gasteiger partial charge on any atom is -0.0308 e. The Bertz CT molecular complexity index is 1230. The van der Waals surface area contributed by atoms with E-state index in [0.29, 0.717) is 43.2 Å². The standard InChI is InChI=1S/2C13H15.C4H8Si2.2ClH.Zr/c2*1-9(2)12-6-4-5-11-7-10(3)8-13(11)12;1-2-6-4-3-5-1;;;/h2*4-9H,1-3H3;1-4H2;2*1H;/q2*-1;;;;/p-2. The van der Waals surface area contributed by atoms with Crippen molar-refractivity contribution in [3.63, 3.8) is 0 Å². The summed E-state index contributed by atoms with van der Waals surface area (Å²) in [7, 11) is 0. The summed E-state index contributed by atoms with van der Waals surface area (Å²) in [4.78, 5) is 0. The molecule has 0 N–H and O–H groups in total. The monoisotopic (exact) mass is 614 g/mol. The zero-order chi connectivity index (χ0) is 23.5. The van der Waals surface area contributed by atoms with Crippen molar-refractivity contribution >= 4 is 32.4 Å². The third kappa shape index (κ3) is 7.78. The van der Waals surface area contributed by atoms with Crippen molar-refractivity contribution in [3.05, 3.63) is 82.9 Å². The van der Waals surface area contributed by atoms with Crippen molar-refractivity contribution in [3.8, 4) is 0 Å². The van der Waals surface area contributed by atoms with E-state index in [1.54, 1.807) is 24.2 Å². The molecule has 188 valence electrons. The zero-order valence-electron chi connectivity index (χ0n) is 22.0. The SMILES string of the molecule is C1C[Si]2=[Zr]=[Si]1CC2.Cc1cc2c(C(C)C)cccc2[cH-]1.Cc1cc2c(C(C)C)cccc2[cH-]1.[Cl-].[Cl-]. The Hall–Kier alpha value is -0.443. The van der Waals surface area contributed by atoms with Crippen molar-refractivity contribution in [2.45, 2.75) is 77.6 Å². The molecule has 0 aliphatic carbocycles. The number of halogens is 2. The fourth-order valence-corrected chi connectivity index (χ4v) is 47.7. The molecule has 0 radical (unpaired) electrons. The molecule has 0 aromatic heterocycles. The molecular weight excluding hydrogens is 579 g/mol. The van der Waals surface area contributed by atoms with E-state index in [4.69, 9.17) is 0 Å². The Labute approximate surface area is 236 Å². The number of benzene rings is 2. The smallest absolute Gasteiger partial charge is 0.0308 e. The van der Waals surface area contributed by atoms with Gasteiger partial charge in [0.1, 0.15) is 0 Å². The molecule has 35 heavy (non-hydrogen) atoms. The van der Waals surface area contributed by atoms with Crippen LogP contribution in [-0.2, 0) is 20.5 Å². The van der Waals surface area contributed by atoms with Crippen LogP contribution in [0, 0.1) is 13.8 Å². The predicted octanol–water partition coefficient (Wildman–Crippen LogP) is 3.07. The van der Waals surface area contributed by atoms with Crippen LogP contribution in [0.3, 0.4) is 0 Å². The molecule has 0 unspecified atom stereocenters. The summed E-state index contributed by atoms with van der Waals surface area (Å²) in [5, 5.41) is 5.61. The van der Waals surface area contributed by atoms with Crippen molar-refractivity contribution in [1.29, 1.82) is 0 Å². The van der Waals surface area contributed by atoms with E-state index in [2.05, 4.69) is 102 Å². The third-order valence-corrected chi connectivity index (χ3v) is 37.2. The molecule has 0 saturated heterocycles. The second kappa shape index (κ2) is 13.9. The van der Waals surface area contributed by atoms with Gasteiger partial charge in [0, 0.05) is 0 Å². The fourth-order valence-electron chi connectivity index (χ4n) is 5.18. The molecule has 2 aliphatic heterocycles. The summed E-state index contributed by atoms with van der Waals surface area (Å²) < 4.78 is 0. The third-order valence-electron chi connectivity index (χ3n) is 6.91. The summed E-state index contributed by atoms with van der Waals surface area (Å²) in [5.41, 5.74) is 6.73. The zero-order valence-corrected chi connectivity index (χ0v) is 28.0. The topological polar surface area (TPSA) is 0 Å². The molecule has 0 amide bonds. The fraction of sp³-hybridized carbons (Fsp3) is 0.400. The predicted molar refractivity (Wildman–Crippen MR) is 147 cm³/mol. The minimum absolute atomic E-state index is 0. The van der Waals surface area contributed by atoms with Gasteiger partial charge in [0.05, 0.1) is 0 Å². The van der Waals surface area contributed by atoms with Gasteiger partial charge in [0.2, 0.25) is 0 Å². The first-order valence-electron chi connectivity index (χ1n) is 12.6. The molecule has 2 bridgehead atoms. The number of fused-ring (bicyclic) bond motifs is 2. The van der Waals surface area contributed by atoms with Crippen molar-refractivity contribution in [2.24, 2.45) is 0 Å². The average Bonchev–Trinajstić information content (AvgIpc) is 3.56. The molecule has 0 fully saturated rings.